The molecule has 2 atom stereocenters. The zero-order valence-electron chi connectivity index (χ0n) is 13.0. The van der Waals surface area contributed by atoms with E-state index in [1.54, 1.807) is 37.3 Å². The van der Waals surface area contributed by atoms with Gasteiger partial charge >= 0.3 is 11.9 Å². The molecular weight excluding hydrogens is 284 g/mol. The van der Waals surface area contributed by atoms with Crippen LogP contribution >= 0.6 is 0 Å². The monoisotopic (exact) mass is 306 g/mol. The van der Waals surface area contributed by atoms with Crippen molar-refractivity contribution < 1.29 is 24.2 Å². The van der Waals surface area contributed by atoms with E-state index in [2.05, 4.69) is 0 Å². The average Bonchev–Trinajstić information content (AvgIpc) is 2.51. The lowest BCUT2D eigenvalue weighted by Crippen LogP contribution is -2.37. The van der Waals surface area contributed by atoms with Crippen LogP contribution in [-0.4, -0.2) is 29.4 Å². The second-order valence-corrected chi connectivity index (χ2v) is 5.05. The Morgan fingerprint density at radius 3 is 2.27 bits per heavy atom. The molecule has 2 unspecified atom stereocenters. The van der Waals surface area contributed by atoms with E-state index >= 15 is 0 Å². The second-order valence-electron chi connectivity index (χ2n) is 5.05. The normalized spacial score (nSPS) is 13.2. The predicted molar refractivity (Wildman–Crippen MR) is 81.5 cm³/mol. The highest BCUT2D eigenvalue weighted by molar-refractivity contribution is 6.05. The minimum absolute atomic E-state index is 0.0860. The molecule has 0 bridgehead atoms. The maximum Gasteiger partial charge on any atom is 0.321 e. The van der Waals surface area contributed by atoms with E-state index in [1.807, 2.05) is 6.92 Å². The smallest absolute Gasteiger partial charge is 0.321 e. The topological polar surface area (TPSA) is 80.7 Å². The van der Waals surface area contributed by atoms with E-state index in [4.69, 9.17) is 4.74 Å². The van der Waals surface area contributed by atoms with E-state index in [0.717, 1.165) is 6.42 Å². The van der Waals surface area contributed by atoms with Gasteiger partial charge < -0.3 is 9.84 Å². The number of benzene rings is 1. The molecule has 5 nitrogen and oxygen atoms in total. The number of hydrogen-bond acceptors (Lipinski definition) is 4. The first-order chi connectivity index (χ1) is 10.5. The number of carboxylic acids is 1. The molecule has 0 aliphatic carbocycles. The van der Waals surface area contributed by atoms with Crippen molar-refractivity contribution in [1.82, 2.24) is 0 Å². The number of esters is 1. The Hall–Kier alpha value is -2.17. The Morgan fingerprint density at radius 2 is 1.77 bits per heavy atom. The van der Waals surface area contributed by atoms with Crippen LogP contribution in [0.25, 0.3) is 0 Å². The summed E-state index contributed by atoms with van der Waals surface area (Å²) in [7, 11) is 0. The van der Waals surface area contributed by atoms with Gasteiger partial charge in [0.05, 0.1) is 6.61 Å². The van der Waals surface area contributed by atoms with Gasteiger partial charge in [-0.2, -0.15) is 0 Å². The number of aliphatic carboxylic acids is 1. The molecule has 1 aromatic carbocycles. The molecule has 1 rings (SSSR count). The van der Waals surface area contributed by atoms with Crippen molar-refractivity contribution >= 4 is 17.7 Å². The standard InChI is InChI=1S/C17H22O5/c1-3-5-11-13(14(16(19)20)17(21)22-4-2)15(18)12-9-7-6-8-10-12/h6-10,13-14H,3-5,11H2,1-2H3,(H,19,20). The Balaban J connectivity index is 3.10. The lowest BCUT2D eigenvalue weighted by atomic mass is 9.82. The van der Waals surface area contributed by atoms with Gasteiger partial charge in [-0.1, -0.05) is 50.1 Å². The number of Topliss-reactive ketones (excluding diaryl/α,β-unsaturated/α-hetero) is 1. The number of unbranched alkanes of at least 4 members (excludes halogenated alkanes) is 1. The Labute approximate surface area is 130 Å². The van der Waals surface area contributed by atoms with Crippen LogP contribution in [0.3, 0.4) is 0 Å². The van der Waals surface area contributed by atoms with Crippen LogP contribution in [0, 0.1) is 11.8 Å². The summed E-state index contributed by atoms with van der Waals surface area (Å²) in [6, 6.07) is 8.46. The van der Waals surface area contributed by atoms with E-state index in [0.29, 0.717) is 18.4 Å². The highest BCUT2D eigenvalue weighted by Gasteiger charge is 2.40. The Kier molecular flexibility index (Phi) is 7.29. The van der Waals surface area contributed by atoms with Crippen molar-refractivity contribution in [2.24, 2.45) is 11.8 Å². The predicted octanol–water partition coefficient (Wildman–Crippen LogP) is 2.94. The Morgan fingerprint density at radius 1 is 1.14 bits per heavy atom. The summed E-state index contributed by atoms with van der Waals surface area (Å²) >= 11 is 0. The fourth-order valence-corrected chi connectivity index (χ4v) is 2.36. The molecule has 1 aromatic rings. The molecule has 0 aromatic heterocycles. The molecule has 1 N–H and O–H groups in total. The first kappa shape index (κ1) is 17.9. The SMILES string of the molecule is CCCCC(C(=O)c1ccccc1)C(C(=O)O)C(=O)OCC. The lowest BCUT2D eigenvalue weighted by molar-refractivity contribution is -0.160. The third-order valence-corrected chi connectivity index (χ3v) is 3.47. The minimum Gasteiger partial charge on any atom is -0.481 e. The van der Waals surface area contributed by atoms with E-state index in [9.17, 15) is 19.5 Å². The first-order valence-electron chi connectivity index (χ1n) is 7.51. The van der Waals surface area contributed by atoms with Gasteiger partial charge in [-0.15, -0.1) is 0 Å². The van der Waals surface area contributed by atoms with Crippen molar-refractivity contribution in [3.05, 3.63) is 35.9 Å². The van der Waals surface area contributed by atoms with Crippen LogP contribution in [0.1, 0.15) is 43.5 Å². The molecule has 22 heavy (non-hydrogen) atoms. The fourth-order valence-electron chi connectivity index (χ4n) is 2.36. The summed E-state index contributed by atoms with van der Waals surface area (Å²) in [4.78, 5) is 36.1. The number of ketones is 1. The zero-order valence-corrected chi connectivity index (χ0v) is 13.0. The molecule has 0 radical (unpaired) electrons. The molecule has 0 fully saturated rings. The second kappa shape index (κ2) is 8.97. The van der Waals surface area contributed by atoms with Crippen LogP contribution in [-0.2, 0) is 14.3 Å². The van der Waals surface area contributed by atoms with Crippen molar-refractivity contribution in [2.75, 3.05) is 6.61 Å². The molecule has 0 spiro atoms. The van der Waals surface area contributed by atoms with Gasteiger partial charge in [0, 0.05) is 11.5 Å². The van der Waals surface area contributed by atoms with Crippen molar-refractivity contribution in [1.29, 1.82) is 0 Å². The summed E-state index contributed by atoms with van der Waals surface area (Å²) in [5.74, 6) is -4.85. The molecule has 0 saturated heterocycles. The van der Waals surface area contributed by atoms with E-state index in [1.165, 1.54) is 0 Å². The van der Waals surface area contributed by atoms with Crippen LogP contribution in [0.4, 0.5) is 0 Å². The van der Waals surface area contributed by atoms with Crippen molar-refractivity contribution in [2.45, 2.75) is 33.1 Å². The average molecular weight is 306 g/mol. The highest BCUT2D eigenvalue weighted by atomic mass is 16.5. The third-order valence-electron chi connectivity index (χ3n) is 3.47. The van der Waals surface area contributed by atoms with E-state index in [-0.39, 0.29) is 12.4 Å². The van der Waals surface area contributed by atoms with E-state index < -0.39 is 23.8 Å². The summed E-state index contributed by atoms with van der Waals surface area (Å²) in [5, 5.41) is 9.38. The van der Waals surface area contributed by atoms with Crippen molar-refractivity contribution in [3.63, 3.8) is 0 Å². The molecular formula is C17H22O5. The molecule has 0 saturated carbocycles. The molecule has 5 heteroatoms. The van der Waals surface area contributed by atoms with Gasteiger partial charge in [-0.05, 0) is 13.3 Å². The zero-order chi connectivity index (χ0) is 16.5. The van der Waals surface area contributed by atoms with Crippen LogP contribution < -0.4 is 0 Å². The first-order valence-corrected chi connectivity index (χ1v) is 7.51. The molecule has 0 amide bonds. The molecule has 0 aliphatic heterocycles. The van der Waals surface area contributed by atoms with Gasteiger partial charge in [0.2, 0.25) is 0 Å². The van der Waals surface area contributed by atoms with Gasteiger partial charge in [-0.25, -0.2) is 0 Å². The van der Waals surface area contributed by atoms with Crippen LogP contribution in [0.5, 0.6) is 0 Å². The maximum atomic E-state index is 12.6. The third kappa shape index (κ3) is 4.69. The van der Waals surface area contributed by atoms with Gasteiger partial charge in [0.1, 0.15) is 0 Å². The number of carbonyl (C=O) groups excluding carboxylic acids is 2. The number of hydrogen-bond donors (Lipinski definition) is 1. The summed E-state index contributed by atoms with van der Waals surface area (Å²) in [5.41, 5.74) is 0.416. The Bertz CT molecular complexity index is 509. The summed E-state index contributed by atoms with van der Waals surface area (Å²) in [6.45, 7) is 3.64. The van der Waals surface area contributed by atoms with Gasteiger partial charge in [-0.3, -0.25) is 14.4 Å². The fraction of sp³-hybridized carbons (Fsp3) is 0.471. The summed E-state index contributed by atoms with van der Waals surface area (Å²) < 4.78 is 4.84. The minimum atomic E-state index is -1.46. The molecule has 120 valence electrons. The quantitative estimate of drug-likeness (QED) is 0.431. The summed E-state index contributed by atoms with van der Waals surface area (Å²) in [6.07, 6.45) is 1.83. The number of rotatable bonds is 9. The van der Waals surface area contributed by atoms with Crippen LogP contribution in [0.15, 0.2) is 30.3 Å². The molecule has 0 heterocycles. The highest BCUT2D eigenvalue weighted by Crippen LogP contribution is 2.25. The number of ether oxygens (including phenoxy) is 1. The van der Waals surface area contributed by atoms with Gasteiger partial charge in [0.15, 0.2) is 11.7 Å². The number of carboxylic acid groups (broad SMARTS) is 1. The van der Waals surface area contributed by atoms with Crippen molar-refractivity contribution in [3.8, 4) is 0 Å². The van der Waals surface area contributed by atoms with Gasteiger partial charge in [0.25, 0.3) is 0 Å². The maximum absolute atomic E-state index is 12.6. The number of carbonyl (C=O) groups is 3. The van der Waals surface area contributed by atoms with Crippen LogP contribution in [0.2, 0.25) is 0 Å². The lowest BCUT2D eigenvalue weighted by Gasteiger charge is -2.21. The molecule has 0 aliphatic rings. The largest absolute Gasteiger partial charge is 0.481 e.